The highest BCUT2D eigenvalue weighted by Crippen LogP contribution is 2.39. The van der Waals surface area contributed by atoms with Crippen LogP contribution in [0.3, 0.4) is 0 Å². The molecule has 0 aromatic heterocycles. The number of rotatable bonds is 6. The minimum absolute atomic E-state index is 0.141. The summed E-state index contributed by atoms with van der Waals surface area (Å²) in [6, 6.07) is 0. The zero-order chi connectivity index (χ0) is 15.8. The second-order valence-corrected chi connectivity index (χ2v) is 7.46. The maximum atomic E-state index is 11.3. The van der Waals surface area contributed by atoms with Gasteiger partial charge in [-0.15, -0.1) is 11.8 Å². The molecule has 0 saturated heterocycles. The van der Waals surface area contributed by atoms with E-state index in [0.717, 1.165) is 18.6 Å². The topological polar surface area (TPSA) is 26.3 Å². The lowest BCUT2D eigenvalue weighted by atomic mass is 9.92. The molecule has 0 heterocycles. The van der Waals surface area contributed by atoms with E-state index in [1.165, 1.54) is 28.0 Å². The highest BCUT2D eigenvalue weighted by molar-refractivity contribution is 14.1. The van der Waals surface area contributed by atoms with Gasteiger partial charge in [0, 0.05) is 10.7 Å². The molecule has 0 aromatic rings. The van der Waals surface area contributed by atoms with Gasteiger partial charge in [-0.05, 0) is 50.2 Å². The van der Waals surface area contributed by atoms with E-state index in [0.29, 0.717) is 12.3 Å². The molecule has 0 aromatic carbocycles. The Bertz CT molecular complexity index is 457. The van der Waals surface area contributed by atoms with Crippen molar-refractivity contribution in [1.29, 1.82) is 0 Å². The summed E-state index contributed by atoms with van der Waals surface area (Å²) >= 11 is 3.46. The Morgan fingerprint density at radius 1 is 1.38 bits per heavy atom. The van der Waals surface area contributed by atoms with Crippen LogP contribution in [0.1, 0.15) is 53.4 Å². The van der Waals surface area contributed by atoms with E-state index in [9.17, 15) is 4.79 Å². The van der Waals surface area contributed by atoms with Gasteiger partial charge in [-0.2, -0.15) is 0 Å². The SMILES string of the molecule is CC(C)=CC1=C(SCCC(=O)OI)/C(=C/C(C)C)CCC1. The number of hydrogen-bond donors (Lipinski definition) is 0. The molecule has 0 fully saturated rings. The van der Waals surface area contributed by atoms with Crippen molar-refractivity contribution < 1.29 is 7.86 Å². The molecule has 0 amide bonds. The van der Waals surface area contributed by atoms with Crippen LogP contribution in [-0.4, -0.2) is 11.7 Å². The molecule has 0 bridgehead atoms. The lowest BCUT2D eigenvalue weighted by Crippen LogP contribution is -2.04. The molecular formula is C17H25IO2S. The van der Waals surface area contributed by atoms with E-state index in [1.807, 2.05) is 0 Å². The fourth-order valence-electron chi connectivity index (χ4n) is 2.41. The van der Waals surface area contributed by atoms with E-state index < -0.39 is 0 Å². The second-order valence-electron chi connectivity index (χ2n) is 5.91. The molecular weight excluding hydrogens is 395 g/mol. The molecule has 0 atom stereocenters. The van der Waals surface area contributed by atoms with Crippen LogP contribution < -0.4 is 0 Å². The van der Waals surface area contributed by atoms with Crippen molar-refractivity contribution in [3.8, 4) is 0 Å². The second kappa shape index (κ2) is 9.72. The normalized spacial score (nSPS) is 17.3. The number of hydrogen-bond acceptors (Lipinski definition) is 3. The molecule has 1 aliphatic rings. The third kappa shape index (κ3) is 7.04. The molecule has 0 unspecified atom stereocenters. The van der Waals surface area contributed by atoms with Crippen molar-refractivity contribution >= 4 is 40.7 Å². The summed E-state index contributed by atoms with van der Waals surface area (Å²) in [5, 5.41) is 0. The summed E-state index contributed by atoms with van der Waals surface area (Å²) < 4.78 is 4.70. The Labute approximate surface area is 147 Å². The van der Waals surface area contributed by atoms with Crippen molar-refractivity contribution in [2.45, 2.75) is 53.4 Å². The summed E-state index contributed by atoms with van der Waals surface area (Å²) in [6.07, 6.45) is 8.64. The fraction of sp³-hybridized carbons (Fsp3) is 0.588. The van der Waals surface area contributed by atoms with Crippen LogP contribution in [0.25, 0.3) is 0 Å². The van der Waals surface area contributed by atoms with Gasteiger partial charge in [0.1, 0.15) is 0 Å². The number of halogens is 1. The number of carbonyl (C=O) groups is 1. The van der Waals surface area contributed by atoms with Crippen LogP contribution in [0, 0.1) is 5.92 Å². The van der Waals surface area contributed by atoms with Gasteiger partial charge in [0.15, 0.2) is 23.0 Å². The molecule has 118 valence electrons. The third-order valence-electron chi connectivity index (χ3n) is 3.11. The van der Waals surface area contributed by atoms with Crippen LogP contribution in [0.2, 0.25) is 0 Å². The van der Waals surface area contributed by atoms with E-state index >= 15 is 0 Å². The quantitative estimate of drug-likeness (QED) is 0.494. The average Bonchev–Trinajstić information content (AvgIpc) is 2.40. The molecule has 2 nitrogen and oxygen atoms in total. The zero-order valence-electron chi connectivity index (χ0n) is 13.4. The van der Waals surface area contributed by atoms with Gasteiger partial charge in [-0.3, -0.25) is 4.79 Å². The number of thioether (sulfide) groups is 1. The van der Waals surface area contributed by atoms with Gasteiger partial charge < -0.3 is 3.07 Å². The van der Waals surface area contributed by atoms with Gasteiger partial charge in [0.25, 0.3) is 0 Å². The maximum absolute atomic E-state index is 11.3. The van der Waals surface area contributed by atoms with Crippen molar-refractivity contribution in [3.05, 3.63) is 33.8 Å². The first kappa shape index (κ1) is 18.8. The van der Waals surface area contributed by atoms with Crippen LogP contribution in [0.4, 0.5) is 0 Å². The molecule has 1 aliphatic carbocycles. The van der Waals surface area contributed by atoms with Crippen molar-refractivity contribution in [2.75, 3.05) is 5.75 Å². The predicted molar refractivity (Wildman–Crippen MR) is 100 cm³/mol. The first-order chi connectivity index (χ1) is 9.93. The van der Waals surface area contributed by atoms with Gasteiger partial charge in [0.05, 0.1) is 6.42 Å². The highest BCUT2D eigenvalue weighted by atomic mass is 127. The summed E-state index contributed by atoms with van der Waals surface area (Å²) in [5.41, 5.74) is 4.22. The van der Waals surface area contributed by atoms with Crippen molar-refractivity contribution in [2.24, 2.45) is 5.92 Å². The first-order valence-corrected chi connectivity index (χ1v) is 9.34. The van der Waals surface area contributed by atoms with Gasteiger partial charge in [-0.25, -0.2) is 0 Å². The smallest absolute Gasteiger partial charge is 0.316 e. The molecule has 4 heteroatoms. The summed E-state index contributed by atoms with van der Waals surface area (Å²) in [4.78, 5) is 12.7. The predicted octanol–water partition coefficient (Wildman–Crippen LogP) is 5.99. The van der Waals surface area contributed by atoms with Gasteiger partial charge in [-0.1, -0.05) is 31.6 Å². The highest BCUT2D eigenvalue weighted by Gasteiger charge is 2.17. The van der Waals surface area contributed by atoms with Crippen molar-refractivity contribution in [1.82, 2.24) is 0 Å². The molecule has 0 radical (unpaired) electrons. The lowest BCUT2D eigenvalue weighted by Gasteiger charge is -2.22. The summed E-state index contributed by atoms with van der Waals surface area (Å²) in [5.74, 6) is 1.20. The van der Waals surface area contributed by atoms with E-state index in [-0.39, 0.29) is 5.97 Å². The van der Waals surface area contributed by atoms with Crippen molar-refractivity contribution in [3.63, 3.8) is 0 Å². The van der Waals surface area contributed by atoms with Crippen LogP contribution in [0.15, 0.2) is 33.8 Å². The summed E-state index contributed by atoms with van der Waals surface area (Å²) in [6.45, 7) is 8.72. The number of carbonyl (C=O) groups excluding carboxylic acids is 1. The molecule has 0 saturated carbocycles. The minimum atomic E-state index is -0.141. The Balaban J connectivity index is 2.95. The summed E-state index contributed by atoms with van der Waals surface area (Å²) in [7, 11) is 0. The van der Waals surface area contributed by atoms with Crippen LogP contribution in [0.5, 0.6) is 0 Å². The average molecular weight is 420 g/mol. The van der Waals surface area contributed by atoms with Crippen LogP contribution in [-0.2, 0) is 7.86 Å². The van der Waals surface area contributed by atoms with E-state index in [1.54, 1.807) is 34.8 Å². The Kier molecular flexibility index (Phi) is 8.71. The Morgan fingerprint density at radius 2 is 2.10 bits per heavy atom. The number of allylic oxidation sites excluding steroid dienone is 5. The third-order valence-corrected chi connectivity index (χ3v) is 4.82. The molecule has 0 N–H and O–H groups in total. The van der Waals surface area contributed by atoms with E-state index in [4.69, 9.17) is 3.07 Å². The van der Waals surface area contributed by atoms with Gasteiger partial charge in [0.2, 0.25) is 0 Å². The first-order valence-electron chi connectivity index (χ1n) is 7.47. The Morgan fingerprint density at radius 3 is 2.67 bits per heavy atom. The van der Waals surface area contributed by atoms with Crippen LogP contribution >= 0.6 is 34.8 Å². The lowest BCUT2D eigenvalue weighted by molar-refractivity contribution is -0.130. The minimum Gasteiger partial charge on any atom is -0.394 e. The molecule has 0 spiro atoms. The standard InChI is InChI=1S/C17H25IO2S/c1-12(2)10-14-6-5-7-15(11-13(3)4)17(14)21-9-8-16(19)20-18/h10-12H,5-9H2,1-4H3/b14-10+. The van der Waals surface area contributed by atoms with E-state index in [2.05, 4.69) is 39.8 Å². The molecule has 1 rings (SSSR count). The molecule has 0 aliphatic heterocycles. The maximum Gasteiger partial charge on any atom is 0.316 e. The molecule has 21 heavy (non-hydrogen) atoms. The van der Waals surface area contributed by atoms with Gasteiger partial charge >= 0.3 is 5.97 Å². The Hall–Kier alpha value is -0.230. The zero-order valence-corrected chi connectivity index (χ0v) is 16.3. The monoisotopic (exact) mass is 420 g/mol. The largest absolute Gasteiger partial charge is 0.394 e. The fourth-order valence-corrected chi connectivity index (χ4v) is 3.81.